The first-order chi connectivity index (χ1) is 8.81. The molecule has 0 aliphatic carbocycles. The van der Waals surface area contributed by atoms with E-state index in [1.54, 1.807) is 0 Å². The van der Waals surface area contributed by atoms with Crippen molar-refractivity contribution in [3.05, 3.63) is 0 Å². The Balaban J connectivity index is 2.33. The number of esters is 1. The third kappa shape index (κ3) is 5.92. The third-order valence-electron chi connectivity index (χ3n) is 2.92. The lowest BCUT2D eigenvalue weighted by atomic mass is 9.92. The van der Waals surface area contributed by atoms with Gasteiger partial charge >= 0.3 is 12.1 Å². The second-order valence-electron chi connectivity index (χ2n) is 5.78. The van der Waals surface area contributed by atoms with E-state index in [1.165, 1.54) is 7.11 Å². The van der Waals surface area contributed by atoms with Crippen molar-refractivity contribution in [2.75, 3.05) is 20.2 Å². The molecule has 1 fully saturated rings. The second-order valence-corrected chi connectivity index (χ2v) is 5.78. The summed E-state index contributed by atoms with van der Waals surface area (Å²) in [5.41, 5.74) is -0.501. The zero-order chi connectivity index (χ0) is 14.5. The maximum Gasteiger partial charge on any atom is 0.407 e. The maximum absolute atomic E-state index is 11.5. The molecular formula is C13H24N2O4. The number of methoxy groups -OCH3 is 1. The van der Waals surface area contributed by atoms with Gasteiger partial charge in [0, 0.05) is 12.6 Å². The van der Waals surface area contributed by atoms with Crippen LogP contribution in [0, 0.1) is 5.92 Å². The number of carbonyl (C=O) groups is 2. The number of hydrogen-bond donors (Lipinski definition) is 2. The summed E-state index contributed by atoms with van der Waals surface area (Å²) >= 11 is 0. The standard InChI is InChI=1S/C13H24N2O4/c1-13(2,3)19-12(17)15-8-10-7-9(5-6-14-10)11(16)18-4/h9-10,14H,5-8H2,1-4H3,(H,15,17). The van der Waals surface area contributed by atoms with Gasteiger partial charge < -0.3 is 20.1 Å². The molecule has 2 N–H and O–H groups in total. The van der Waals surface area contributed by atoms with Gasteiger partial charge in [-0.05, 0) is 40.2 Å². The molecule has 0 aromatic rings. The van der Waals surface area contributed by atoms with Crippen LogP contribution in [0.15, 0.2) is 0 Å². The highest BCUT2D eigenvalue weighted by atomic mass is 16.6. The van der Waals surface area contributed by atoms with Crippen LogP contribution in [0.1, 0.15) is 33.6 Å². The first-order valence-corrected chi connectivity index (χ1v) is 6.60. The summed E-state index contributed by atoms with van der Waals surface area (Å²) in [5, 5.41) is 5.98. The highest BCUT2D eigenvalue weighted by molar-refractivity contribution is 5.72. The minimum atomic E-state index is -0.501. The summed E-state index contributed by atoms with van der Waals surface area (Å²) in [7, 11) is 1.40. The molecule has 19 heavy (non-hydrogen) atoms. The average molecular weight is 272 g/mol. The molecule has 2 atom stereocenters. The fraction of sp³-hybridized carbons (Fsp3) is 0.846. The number of ether oxygens (including phenoxy) is 2. The molecule has 0 spiro atoms. The molecule has 0 radical (unpaired) electrons. The number of amides is 1. The molecule has 0 aromatic carbocycles. The molecule has 1 aliphatic heterocycles. The van der Waals surface area contributed by atoms with E-state index in [9.17, 15) is 9.59 Å². The number of carbonyl (C=O) groups excluding carboxylic acids is 2. The van der Waals surface area contributed by atoms with E-state index in [0.717, 1.165) is 13.0 Å². The van der Waals surface area contributed by atoms with Crippen LogP contribution in [-0.2, 0) is 14.3 Å². The van der Waals surface area contributed by atoms with Gasteiger partial charge in [0.2, 0.25) is 0 Å². The van der Waals surface area contributed by atoms with Gasteiger partial charge in [-0.15, -0.1) is 0 Å². The Morgan fingerprint density at radius 1 is 1.37 bits per heavy atom. The maximum atomic E-state index is 11.5. The van der Waals surface area contributed by atoms with Gasteiger partial charge in [0.15, 0.2) is 0 Å². The zero-order valence-electron chi connectivity index (χ0n) is 12.1. The van der Waals surface area contributed by atoms with E-state index in [2.05, 4.69) is 10.6 Å². The minimum Gasteiger partial charge on any atom is -0.469 e. The normalized spacial score (nSPS) is 23.6. The first kappa shape index (κ1) is 15.8. The average Bonchev–Trinajstić information content (AvgIpc) is 2.34. The van der Waals surface area contributed by atoms with Crippen molar-refractivity contribution in [2.24, 2.45) is 5.92 Å². The molecule has 0 bridgehead atoms. The fourth-order valence-corrected chi connectivity index (χ4v) is 2.06. The molecular weight excluding hydrogens is 248 g/mol. The minimum absolute atomic E-state index is 0.0744. The lowest BCUT2D eigenvalue weighted by Crippen LogP contribution is -2.48. The molecule has 1 saturated heterocycles. The Morgan fingerprint density at radius 3 is 2.63 bits per heavy atom. The number of rotatable bonds is 3. The highest BCUT2D eigenvalue weighted by Gasteiger charge is 2.28. The molecule has 110 valence electrons. The van der Waals surface area contributed by atoms with Gasteiger partial charge in [0.25, 0.3) is 0 Å². The number of nitrogens with one attached hydrogen (secondary N) is 2. The van der Waals surface area contributed by atoms with Crippen LogP contribution in [0.5, 0.6) is 0 Å². The molecule has 1 aliphatic rings. The van der Waals surface area contributed by atoms with E-state index < -0.39 is 11.7 Å². The van der Waals surface area contributed by atoms with Gasteiger partial charge in [-0.25, -0.2) is 4.79 Å². The van der Waals surface area contributed by atoms with Crippen LogP contribution < -0.4 is 10.6 Å². The Labute approximate surface area is 114 Å². The van der Waals surface area contributed by atoms with Crippen molar-refractivity contribution in [3.8, 4) is 0 Å². The van der Waals surface area contributed by atoms with E-state index in [4.69, 9.17) is 9.47 Å². The van der Waals surface area contributed by atoms with Crippen LogP contribution in [-0.4, -0.2) is 43.9 Å². The summed E-state index contributed by atoms with van der Waals surface area (Å²) in [6, 6.07) is 0.0744. The summed E-state index contributed by atoms with van der Waals surface area (Å²) in [4.78, 5) is 23.0. The Hall–Kier alpha value is -1.30. The lowest BCUT2D eigenvalue weighted by molar-refractivity contribution is -0.146. The summed E-state index contributed by atoms with van der Waals surface area (Å²) in [6.45, 7) is 6.65. The Bertz CT molecular complexity index is 325. The largest absolute Gasteiger partial charge is 0.469 e. The van der Waals surface area contributed by atoms with Crippen LogP contribution in [0.3, 0.4) is 0 Å². The molecule has 0 aromatic heterocycles. The predicted molar refractivity (Wildman–Crippen MR) is 70.8 cm³/mol. The monoisotopic (exact) mass is 272 g/mol. The van der Waals surface area contributed by atoms with Gasteiger partial charge in [-0.2, -0.15) is 0 Å². The van der Waals surface area contributed by atoms with Crippen molar-refractivity contribution in [1.29, 1.82) is 0 Å². The molecule has 6 nitrogen and oxygen atoms in total. The number of hydrogen-bond acceptors (Lipinski definition) is 5. The topological polar surface area (TPSA) is 76.7 Å². The van der Waals surface area contributed by atoms with Crippen LogP contribution in [0.25, 0.3) is 0 Å². The van der Waals surface area contributed by atoms with Gasteiger partial charge in [0.05, 0.1) is 13.0 Å². The lowest BCUT2D eigenvalue weighted by Gasteiger charge is -2.29. The smallest absolute Gasteiger partial charge is 0.407 e. The summed E-state index contributed by atoms with van der Waals surface area (Å²) < 4.78 is 9.91. The van der Waals surface area contributed by atoms with Crippen molar-refractivity contribution in [1.82, 2.24) is 10.6 Å². The van der Waals surface area contributed by atoms with Crippen LogP contribution >= 0.6 is 0 Å². The Morgan fingerprint density at radius 2 is 2.05 bits per heavy atom. The molecule has 1 rings (SSSR count). The van der Waals surface area contributed by atoms with Crippen molar-refractivity contribution >= 4 is 12.1 Å². The molecule has 2 unspecified atom stereocenters. The molecule has 1 amide bonds. The first-order valence-electron chi connectivity index (χ1n) is 6.60. The highest BCUT2D eigenvalue weighted by Crippen LogP contribution is 2.17. The number of piperidine rings is 1. The second kappa shape index (κ2) is 6.75. The van der Waals surface area contributed by atoms with Crippen molar-refractivity contribution in [3.63, 3.8) is 0 Å². The van der Waals surface area contributed by atoms with E-state index >= 15 is 0 Å². The zero-order valence-corrected chi connectivity index (χ0v) is 12.1. The van der Waals surface area contributed by atoms with E-state index in [-0.39, 0.29) is 17.9 Å². The van der Waals surface area contributed by atoms with Crippen molar-refractivity contribution < 1.29 is 19.1 Å². The molecule has 1 heterocycles. The van der Waals surface area contributed by atoms with E-state index in [1.807, 2.05) is 20.8 Å². The molecule has 6 heteroatoms. The van der Waals surface area contributed by atoms with Gasteiger partial charge in [-0.1, -0.05) is 0 Å². The molecule has 0 saturated carbocycles. The van der Waals surface area contributed by atoms with Crippen LogP contribution in [0.4, 0.5) is 4.79 Å². The van der Waals surface area contributed by atoms with Crippen LogP contribution in [0.2, 0.25) is 0 Å². The van der Waals surface area contributed by atoms with Gasteiger partial charge in [0.1, 0.15) is 5.60 Å². The third-order valence-corrected chi connectivity index (χ3v) is 2.92. The van der Waals surface area contributed by atoms with Crippen molar-refractivity contribution in [2.45, 2.75) is 45.3 Å². The van der Waals surface area contributed by atoms with Gasteiger partial charge in [-0.3, -0.25) is 4.79 Å². The predicted octanol–water partition coefficient (Wildman–Crippen LogP) is 1.05. The summed E-state index contributed by atoms with van der Waals surface area (Å²) in [6.07, 6.45) is 1.01. The number of alkyl carbamates (subject to hydrolysis) is 1. The SMILES string of the molecule is COC(=O)C1CCNC(CNC(=O)OC(C)(C)C)C1. The Kier molecular flexibility index (Phi) is 5.60. The summed E-state index contributed by atoms with van der Waals surface area (Å²) in [5.74, 6) is -0.263. The quantitative estimate of drug-likeness (QED) is 0.751. The fourth-order valence-electron chi connectivity index (χ4n) is 2.06. The van der Waals surface area contributed by atoms with E-state index in [0.29, 0.717) is 13.0 Å².